The third-order valence-electron chi connectivity index (χ3n) is 5.34. The van der Waals surface area contributed by atoms with Crippen LogP contribution in [0, 0.1) is 11.3 Å². The van der Waals surface area contributed by atoms with Crippen LogP contribution in [0.2, 0.25) is 0 Å². The van der Waals surface area contributed by atoms with Gasteiger partial charge in [-0.1, -0.05) is 44.5 Å². The number of hydrogen-bond acceptors (Lipinski definition) is 3. The topological polar surface area (TPSA) is 44.9 Å². The Kier molecular flexibility index (Phi) is 6.84. The van der Waals surface area contributed by atoms with Gasteiger partial charge < -0.3 is 9.47 Å². The molecular formula is C23H30N4. The number of benzene rings is 1. The molecule has 27 heavy (non-hydrogen) atoms. The Morgan fingerprint density at radius 1 is 1.15 bits per heavy atom. The lowest BCUT2D eigenvalue weighted by molar-refractivity contribution is 0.286. The van der Waals surface area contributed by atoms with Crippen LogP contribution in [-0.4, -0.2) is 34.1 Å². The molecule has 0 radical (unpaired) electrons. The van der Waals surface area contributed by atoms with Crippen molar-refractivity contribution in [2.45, 2.75) is 52.4 Å². The van der Waals surface area contributed by atoms with Gasteiger partial charge in [-0.3, -0.25) is 0 Å². The van der Waals surface area contributed by atoms with Crippen LogP contribution in [0.4, 0.5) is 0 Å². The van der Waals surface area contributed by atoms with Crippen molar-refractivity contribution in [1.82, 2.24) is 14.5 Å². The summed E-state index contributed by atoms with van der Waals surface area (Å²) in [6.07, 6.45) is 10.4. The molecule has 1 aromatic heterocycles. The lowest BCUT2D eigenvalue weighted by atomic mass is 9.98. The molecule has 0 fully saturated rings. The molecule has 0 saturated carbocycles. The molecule has 3 rings (SSSR count). The second-order valence-corrected chi connectivity index (χ2v) is 7.28. The van der Waals surface area contributed by atoms with Crippen molar-refractivity contribution >= 4 is 11.8 Å². The van der Waals surface area contributed by atoms with E-state index in [0.717, 1.165) is 37.9 Å². The average molecular weight is 363 g/mol. The lowest BCUT2D eigenvalue weighted by Crippen LogP contribution is -2.27. The second kappa shape index (κ2) is 9.53. The van der Waals surface area contributed by atoms with Gasteiger partial charge in [-0.05, 0) is 42.6 Å². The summed E-state index contributed by atoms with van der Waals surface area (Å²) in [5.41, 5.74) is 4.86. The van der Waals surface area contributed by atoms with E-state index in [1.807, 2.05) is 0 Å². The molecule has 4 heteroatoms. The van der Waals surface area contributed by atoms with Crippen LogP contribution >= 0.6 is 0 Å². The monoisotopic (exact) mass is 362 g/mol. The van der Waals surface area contributed by atoms with Crippen molar-refractivity contribution in [2.24, 2.45) is 0 Å². The maximum atomic E-state index is 8.81. The van der Waals surface area contributed by atoms with Gasteiger partial charge >= 0.3 is 0 Å². The summed E-state index contributed by atoms with van der Waals surface area (Å²) in [6.45, 7) is 7.87. The molecular weight excluding hydrogens is 332 g/mol. The molecule has 0 spiro atoms. The number of aromatic nitrogens is 2. The van der Waals surface area contributed by atoms with Gasteiger partial charge in [0.25, 0.3) is 0 Å². The minimum Gasteiger partial charge on any atom is -0.310 e. The molecule has 142 valence electrons. The van der Waals surface area contributed by atoms with Gasteiger partial charge in [-0.2, -0.15) is 5.26 Å². The smallest absolute Gasteiger partial charge is 0.113 e. The Labute approximate surface area is 163 Å². The van der Waals surface area contributed by atoms with E-state index in [1.165, 1.54) is 42.0 Å². The molecule has 1 aromatic carbocycles. The standard InChI is InChI=1S/C23H30N4/c1-3-5-15-26(4-2)16-13-22-18-27-17-21(10-11-23(27)25-22)20-8-6-19(7-9-20)12-14-24/h6-9,17-18H,3-5,10-13,15-16H2,1-2H3. The molecule has 0 N–H and O–H groups in total. The highest BCUT2D eigenvalue weighted by Gasteiger charge is 2.15. The van der Waals surface area contributed by atoms with Gasteiger partial charge in [0.1, 0.15) is 5.82 Å². The third kappa shape index (κ3) is 5.08. The number of imidazole rings is 1. The van der Waals surface area contributed by atoms with Gasteiger partial charge in [0, 0.05) is 31.8 Å². The van der Waals surface area contributed by atoms with Crippen molar-refractivity contribution in [1.29, 1.82) is 5.26 Å². The number of aryl methyl sites for hydroxylation is 1. The number of hydrogen-bond donors (Lipinski definition) is 0. The molecule has 0 saturated heterocycles. The number of nitrogens with zero attached hydrogens (tertiary/aromatic N) is 4. The summed E-state index contributed by atoms with van der Waals surface area (Å²) >= 11 is 0. The van der Waals surface area contributed by atoms with Gasteiger partial charge in [-0.25, -0.2) is 4.98 Å². The molecule has 0 bridgehead atoms. The number of rotatable bonds is 9. The fourth-order valence-corrected chi connectivity index (χ4v) is 3.61. The molecule has 0 aliphatic carbocycles. The van der Waals surface area contributed by atoms with E-state index in [1.54, 1.807) is 0 Å². The van der Waals surface area contributed by atoms with Gasteiger partial charge in [-0.15, -0.1) is 0 Å². The van der Waals surface area contributed by atoms with Crippen LogP contribution < -0.4 is 0 Å². The SMILES string of the molecule is CCCCN(CC)CCc1cn2c(n1)CCC(c1ccc(CC#N)cc1)=C2. The predicted molar refractivity (Wildman–Crippen MR) is 111 cm³/mol. The highest BCUT2D eigenvalue weighted by molar-refractivity contribution is 5.77. The highest BCUT2D eigenvalue weighted by Crippen LogP contribution is 2.27. The number of fused-ring (bicyclic) bond motifs is 1. The summed E-state index contributed by atoms with van der Waals surface area (Å²) in [5.74, 6) is 1.17. The summed E-state index contributed by atoms with van der Waals surface area (Å²) < 4.78 is 2.21. The van der Waals surface area contributed by atoms with Crippen molar-refractivity contribution < 1.29 is 0 Å². The zero-order chi connectivity index (χ0) is 19.1. The van der Waals surface area contributed by atoms with E-state index >= 15 is 0 Å². The number of unbranched alkanes of at least 4 members (excludes halogenated alkanes) is 1. The van der Waals surface area contributed by atoms with Crippen molar-refractivity contribution in [3.63, 3.8) is 0 Å². The maximum Gasteiger partial charge on any atom is 0.113 e. The van der Waals surface area contributed by atoms with E-state index in [2.05, 4.69) is 66.0 Å². The largest absolute Gasteiger partial charge is 0.310 e. The van der Waals surface area contributed by atoms with E-state index in [9.17, 15) is 0 Å². The fourth-order valence-electron chi connectivity index (χ4n) is 3.61. The third-order valence-corrected chi connectivity index (χ3v) is 5.34. The first-order valence-electron chi connectivity index (χ1n) is 10.2. The lowest BCUT2D eigenvalue weighted by Gasteiger charge is -2.19. The number of nitriles is 1. The molecule has 1 aliphatic rings. The van der Waals surface area contributed by atoms with E-state index in [0.29, 0.717) is 6.42 Å². The highest BCUT2D eigenvalue weighted by atomic mass is 15.1. The minimum atomic E-state index is 0.474. The van der Waals surface area contributed by atoms with Crippen LogP contribution in [0.1, 0.15) is 55.8 Å². The summed E-state index contributed by atoms with van der Waals surface area (Å²) in [6, 6.07) is 10.6. The summed E-state index contributed by atoms with van der Waals surface area (Å²) in [7, 11) is 0. The summed E-state index contributed by atoms with van der Waals surface area (Å²) in [4.78, 5) is 7.38. The van der Waals surface area contributed by atoms with Crippen LogP contribution in [0.25, 0.3) is 11.8 Å². The first-order valence-corrected chi connectivity index (χ1v) is 10.2. The van der Waals surface area contributed by atoms with Crippen LogP contribution in [0.5, 0.6) is 0 Å². The Hall–Kier alpha value is -2.38. The van der Waals surface area contributed by atoms with Crippen molar-refractivity contribution in [2.75, 3.05) is 19.6 Å². The molecule has 0 amide bonds. The van der Waals surface area contributed by atoms with Gasteiger partial charge in [0.05, 0.1) is 18.2 Å². The van der Waals surface area contributed by atoms with Crippen molar-refractivity contribution in [3.8, 4) is 6.07 Å². The average Bonchev–Trinajstić information content (AvgIpc) is 3.11. The number of likely N-dealkylation sites (N-methyl/N-ethyl adjacent to an activating group) is 1. The molecule has 1 aliphatic heterocycles. The minimum absolute atomic E-state index is 0.474. The zero-order valence-electron chi connectivity index (χ0n) is 16.6. The van der Waals surface area contributed by atoms with Crippen LogP contribution in [0.3, 0.4) is 0 Å². The Morgan fingerprint density at radius 2 is 1.96 bits per heavy atom. The predicted octanol–water partition coefficient (Wildman–Crippen LogP) is 4.56. The van der Waals surface area contributed by atoms with Crippen LogP contribution in [0.15, 0.2) is 30.5 Å². The Balaban J connectivity index is 1.66. The molecule has 2 aromatic rings. The van der Waals surface area contributed by atoms with Gasteiger partial charge in [0.2, 0.25) is 0 Å². The van der Waals surface area contributed by atoms with E-state index in [4.69, 9.17) is 10.2 Å². The first-order chi connectivity index (χ1) is 13.2. The summed E-state index contributed by atoms with van der Waals surface area (Å²) in [5, 5.41) is 8.81. The van der Waals surface area contributed by atoms with Crippen LogP contribution in [-0.2, 0) is 19.3 Å². The molecule has 0 atom stereocenters. The number of allylic oxidation sites excluding steroid dienone is 1. The quantitative estimate of drug-likeness (QED) is 0.657. The molecule has 2 heterocycles. The fraction of sp³-hybridized carbons (Fsp3) is 0.478. The Bertz CT molecular complexity index is 808. The van der Waals surface area contributed by atoms with Gasteiger partial charge in [0.15, 0.2) is 0 Å². The first kappa shape index (κ1) is 19.4. The second-order valence-electron chi connectivity index (χ2n) is 7.28. The molecule has 0 unspecified atom stereocenters. The normalized spacial score (nSPS) is 13.3. The molecule has 4 nitrogen and oxygen atoms in total. The van der Waals surface area contributed by atoms with E-state index < -0.39 is 0 Å². The maximum absolute atomic E-state index is 8.81. The van der Waals surface area contributed by atoms with E-state index in [-0.39, 0.29) is 0 Å². The zero-order valence-corrected chi connectivity index (χ0v) is 16.6. The van der Waals surface area contributed by atoms with Crippen molar-refractivity contribution in [3.05, 3.63) is 53.1 Å². The Morgan fingerprint density at radius 3 is 2.67 bits per heavy atom.